The maximum Gasteiger partial charge on any atom is 0.346 e. The Morgan fingerprint density at radius 2 is 1.95 bits per heavy atom. The molecule has 3 atom stereocenters. The quantitative estimate of drug-likeness (QED) is 0.178. The van der Waals surface area contributed by atoms with Crippen LogP contribution in [0.25, 0.3) is 0 Å². The Hall–Kier alpha value is 0.660. The number of halogens is 1. The second kappa shape index (κ2) is 7.97. The lowest BCUT2D eigenvalue weighted by molar-refractivity contribution is -0.936. The Morgan fingerprint density at radius 3 is 2.38 bits per heavy atom. The molecule has 1 saturated heterocycles. The lowest BCUT2D eigenvalue weighted by Crippen LogP contribution is -3.00. The fourth-order valence-electron chi connectivity index (χ4n) is 2.91. The number of hydrogen-bond donors (Lipinski definition) is 4. The van der Waals surface area contributed by atoms with Crippen molar-refractivity contribution in [3.63, 3.8) is 0 Å². The number of hydrogen-bond acceptors (Lipinski definition) is 4. The first-order valence-corrected chi connectivity index (χ1v) is 10.3. The van der Waals surface area contributed by atoms with E-state index < -0.39 is 22.7 Å². The van der Waals surface area contributed by atoms with Gasteiger partial charge in [0.05, 0.1) is 26.2 Å². The summed E-state index contributed by atoms with van der Waals surface area (Å²) in [7, 11) is -7.74. The van der Waals surface area contributed by atoms with E-state index in [0.717, 1.165) is 19.4 Å². The number of nitrogens with zero attached hydrogens (tertiary/aromatic N) is 1. The standard InChI is InChI=1S/C10H22NO6PS2.ClH/c1-11(6-7-19)5-3-2-4-9(11)8-10(18(12,13)14)20(15,16)17;/h9-10H,2-8H2,1H3,(H3-,12,13,14,15,16,17,19);1H. The van der Waals surface area contributed by atoms with E-state index in [1.165, 1.54) is 0 Å². The van der Waals surface area contributed by atoms with Crippen LogP contribution in [0.5, 0.6) is 0 Å². The van der Waals surface area contributed by atoms with Crippen molar-refractivity contribution in [1.29, 1.82) is 0 Å². The second-order valence-electron chi connectivity index (χ2n) is 5.59. The number of rotatable bonds is 6. The van der Waals surface area contributed by atoms with Crippen LogP contribution in [-0.4, -0.2) is 64.2 Å². The highest BCUT2D eigenvalue weighted by molar-refractivity contribution is 7.93. The monoisotopic (exact) mass is 383 g/mol. The topological polar surface area (TPSA) is 112 Å². The Labute approximate surface area is 137 Å². The molecule has 3 unspecified atom stereocenters. The summed E-state index contributed by atoms with van der Waals surface area (Å²) in [4.78, 5) is 16.4. The van der Waals surface area contributed by atoms with E-state index in [1.54, 1.807) is 0 Å². The summed E-state index contributed by atoms with van der Waals surface area (Å²) >= 11 is 4.19. The number of piperidine rings is 1. The molecule has 0 aromatic carbocycles. The van der Waals surface area contributed by atoms with Crippen molar-refractivity contribution in [2.45, 2.75) is 36.7 Å². The fourth-order valence-corrected chi connectivity index (χ4v) is 5.74. The van der Waals surface area contributed by atoms with E-state index in [0.29, 0.717) is 23.2 Å². The fraction of sp³-hybridized carbons (Fsp3) is 1.00. The number of quaternary nitrogens is 1. The third-order valence-corrected chi connectivity index (χ3v) is 7.81. The summed E-state index contributed by atoms with van der Waals surface area (Å²) in [6.07, 6.45) is 2.35. The third kappa shape index (κ3) is 5.99. The molecule has 0 aromatic heterocycles. The van der Waals surface area contributed by atoms with Gasteiger partial charge < -0.3 is 26.7 Å². The van der Waals surface area contributed by atoms with Gasteiger partial charge in [-0.1, -0.05) is 0 Å². The molecular formula is C10H23ClNO6PS2. The first-order chi connectivity index (χ1) is 9.00. The van der Waals surface area contributed by atoms with Crippen molar-refractivity contribution in [2.24, 2.45) is 0 Å². The van der Waals surface area contributed by atoms with Crippen molar-refractivity contribution in [2.75, 3.05) is 25.9 Å². The van der Waals surface area contributed by atoms with Crippen molar-refractivity contribution >= 4 is 30.3 Å². The Kier molecular flexibility index (Phi) is 8.22. The van der Waals surface area contributed by atoms with E-state index in [1.807, 2.05) is 7.05 Å². The van der Waals surface area contributed by atoms with Crippen molar-refractivity contribution in [3.05, 3.63) is 0 Å². The van der Waals surface area contributed by atoms with E-state index in [-0.39, 0.29) is 24.9 Å². The largest absolute Gasteiger partial charge is 1.00 e. The number of thiol groups is 1. The first kappa shape index (κ1) is 21.7. The molecule has 0 aromatic rings. The van der Waals surface area contributed by atoms with Crippen molar-refractivity contribution < 1.29 is 44.2 Å². The molecule has 3 N–H and O–H groups in total. The zero-order valence-corrected chi connectivity index (χ0v) is 15.2. The lowest BCUT2D eigenvalue weighted by atomic mass is 9.97. The van der Waals surface area contributed by atoms with Crippen LogP contribution in [0.3, 0.4) is 0 Å². The molecule has 1 aliphatic heterocycles. The molecule has 0 saturated carbocycles. The zero-order valence-electron chi connectivity index (χ0n) is 11.8. The van der Waals surface area contributed by atoms with Crippen LogP contribution in [0, 0.1) is 0 Å². The maximum absolute atomic E-state index is 11.4. The van der Waals surface area contributed by atoms with Gasteiger partial charge in [0.25, 0.3) is 10.1 Å². The van der Waals surface area contributed by atoms with Crippen LogP contribution in [-0.2, 0) is 14.7 Å². The molecule has 1 fully saturated rings. The molecule has 0 spiro atoms. The summed E-state index contributed by atoms with van der Waals surface area (Å²) < 4.78 is 43.5. The molecule has 1 rings (SSSR count). The van der Waals surface area contributed by atoms with Gasteiger partial charge in [-0.05, 0) is 19.3 Å². The van der Waals surface area contributed by atoms with Gasteiger partial charge in [0.15, 0.2) is 4.99 Å². The van der Waals surface area contributed by atoms with Crippen molar-refractivity contribution in [1.82, 2.24) is 0 Å². The van der Waals surface area contributed by atoms with E-state index in [9.17, 15) is 22.8 Å². The second-order valence-corrected chi connectivity index (χ2v) is 9.79. The summed E-state index contributed by atoms with van der Waals surface area (Å²) in [6.45, 7) is 1.53. The van der Waals surface area contributed by atoms with Crippen LogP contribution in [0.1, 0.15) is 25.7 Å². The summed E-state index contributed by atoms with van der Waals surface area (Å²) in [5.74, 6) is 0.611. The molecule has 0 bridgehead atoms. The molecule has 7 nitrogen and oxygen atoms in total. The van der Waals surface area contributed by atoms with Gasteiger partial charge in [-0.15, -0.1) is 0 Å². The predicted molar refractivity (Wildman–Crippen MR) is 79.4 cm³/mol. The average molecular weight is 384 g/mol. The van der Waals surface area contributed by atoms with Gasteiger partial charge in [0.2, 0.25) is 0 Å². The Bertz CT molecular complexity index is 480. The first-order valence-electron chi connectivity index (χ1n) is 6.47. The molecule has 0 aliphatic carbocycles. The zero-order chi connectivity index (χ0) is 15.6. The van der Waals surface area contributed by atoms with Gasteiger partial charge in [0, 0.05) is 12.2 Å². The minimum absolute atomic E-state index is 0. The van der Waals surface area contributed by atoms with Crippen molar-refractivity contribution in [3.8, 4) is 0 Å². The van der Waals surface area contributed by atoms with E-state index >= 15 is 0 Å². The molecule has 0 amide bonds. The van der Waals surface area contributed by atoms with Crippen LogP contribution < -0.4 is 12.4 Å². The van der Waals surface area contributed by atoms with Crippen LogP contribution in [0.4, 0.5) is 0 Å². The normalized spacial score (nSPS) is 28.7. The summed E-state index contributed by atoms with van der Waals surface area (Å²) in [6, 6.07) is -0.199. The Morgan fingerprint density at radius 1 is 1.38 bits per heavy atom. The van der Waals surface area contributed by atoms with Gasteiger partial charge in [0.1, 0.15) is 0 Å². The molecular weight excluding hydrogens is 361 g/mol. The minimum Gasteiger partial charge on any atom is -1.00 e. The van der Waals surface area contributed by atoms with E-state index in [2.05, 4.69) is 12.6 Å². The van der Waals surface area contributed by atoms with Crippen LogP contribution in [0.15, 0.2) is 0 Å². The predicted octanol–water partition coefficient (Wildman–Crippen LogP) is -2.30. The minimum atomic E-state index is -4.91. The smallest absolute Gasteiger partial charge is 0.346 e. The van der Waals surface area contributed by atoms with Gasteiger partial charge >= 0.3 is 7.60 Å². The number of likely N-dealkylation sites (tertiary alicyclic amines) is 1. The van der Waals surface area contributed by atoms with Gasteiger partial charge in [-0.2, -0.15) is 21.0 Å². The highest BCUT2D eigenvalue weighted by Crippen LogP contribution is 2.47. The SMILES string of the molecule is C[N+]1(CCS)CCCCC1CC(P(=O)(O)O)S(=O)(=O)O.[Cl-]. The molecule has 1 aliphatic rings. The maximum atomic E-state index is 11.4. The summed E-state index contributed by atoms with van der Waals surface area (Å²) in [5.41, 5.74) is 0. The molecule has 21 heavy (non-hydrogen) atoms. The van der Waals surface area contributed by atoms with Crippen LogP contribution in [0.2, 0.25) is 0 Å². The highest BCUT2D eigenvalue weighted by atomic mass is 35.5. The molecule has 0 radical (unpaired) electrons. The lowest BCUT2D eigenvalue weighted by Gasteiger charge is -2.45. The summed E-state index contributed by atoms with van der Waals surface area (Å²) in [5, 5.41) is 0. The van der Waals surface area contributed by atoms with Gasteiger partial charge in [-0.3, -0.25) is 9.12 Å². The highest BCUT2D eigenvalue weighted by Gasteiger charge is 2.46. The molecule has 1 heterocycles. The van der Waals surface area contributed by atoms with E-state index in [4.69, 9.17) is 4.55 Å². The van der Waals surface area contributed by atoms with Crippen LogP contribution >= 0.6 is 20.2 Å². The molecule has 11 heteroatoms. The van der Waals surface area contributed by atoms with Gasteiger partial charge in [-0.25, -0.2) is 0 Å². The third-order valence-electron chi connectivity index (χ3n) is 4.14. The molecule has 128 valence electrons. The Balaban J connectivity index is 0.00000400. The average Bonchev–Trinajstić information content (AvgIpc) is 2.24.